The van der Waals surface area contributed by atoms with Crippen LogP contribution in [0.4, 0.5) is 5.13 Å². The van der Waals surface area contributed by atoms with Crippen LogP contribution in [0.1, 0.15) is 18.1 Å². The van der Waals surface area contributed by atoms with E-state index in [1.165, 1.54) is 11.3 Å². The third-order valence-corrected chi connectivity index (χ3v) is 5.38. The number of nitrogens with zero attached hydrogens (tertiary/aromatic N) is 1. The number of rotatable bonds is 7. The molecular weight excluding hydrogens is 400 g/mol. The lowest BCUT2D eigenvalue weighted by Crippen LogP contribution is -2.14. The zero-order chi connectivity index (χ0) is 21.1. The molecule has 7 heteroatoms. The van der Waals surface area contributed by atoms with E-state index >= 15 is 0 Å². The van der Waals surface area contributed by atoms with Gasteiger partial charge in [-0.2, -0.15) is 0 Å². The molecule has 0 unspecified atom stereocenters. The lowest BCUT2D eigenvalue weighted by Gasteiger charge is -2.07. The van der Waals surface area contributed by atoms with Gasteiger partial charge in [0.05, 0.1) is 20.1 Å². The van der Waals surface area contributed by atoms with Crippen molar-refractivity contribution >= 4 is 33.3 Å². The fraction of sp³-hybridized carbons (Fsp3) is 0.217. The Hall–Kier alpha value is -3.32. The Balaban J connectivity index is 1.45. The van der Waals surface area contributed by atoms with Gasteiger partial charge in [-0.25, -0.2) is 4.98 Å². The second kappa shape index (κ2) is 8.59. The van der Waals surface area contributed by atoms with Gasteiger partial charge in [-0.15, -0.1) is 11.3 Å². The summed E-state index contributed by atoms with van der Waals surface area (Å²) < 4.78 is 16.7. The summed E-state index contributed by atoms with van der Waals surface area (Å²) in [6, 6.07) is 13.4. The number of nitrogens with one attached hydrogen (secondary N) is 1. The monoisotopic (exact) mass is 422 g/mol. The Morgan fingerprint density at radius 3 is 2.83 bits per heavy atom. The van der Waals surface area contributed by atoms with Crippen molar-refractivity contribution in [3.8, 4) is 23.0 Å². The molecule has 2 aromatic carbocycles. The van der Waals surface area contributed by atoms with E-state index in [0.717, 1.165) is 33.6 Å². The highest BCUT2D eigenvalue weighted by Crippen LogP contribution is 2.32. The fourth-order valence-electron chi connectivity index (χ4n) is 3.25. The van der Waals surface area contributed by atoms with Gasteiger partial charge in [0.25, 0.3) is 0 Å². The first kappa shape index (κ1) is 20.0. The van der Waals surface area contributed by atoms with Crippen LogP contribution in [0.25, 0.3) is 22.4 Å². The largest absolute Gasteiger partial charge is 0.496 e. The molecule has 0 fully saturated rings. The average Bonchev–Trinajstić information content (AvgIpc) is 3.34. The normalized spacial score (nSPS) is 10.9. The number of thiazole rings is 1. The minimum absolute atomic E-state index is 0.119. The summed E-state index contributed by atoms with van der Waals surface area (Å²) in [5, 5.41) is 6.22. The highest BCUT2D eigenvalue weighted by atomic mass is 32.1. The molecule has 2 aromatic heterocycles. The average molecular weight is 423 g/mol. The summed E-state index contributed by atoms with van der Waals surface area (Å²) in [6.07, 6.45) is 0.268. The van der Waals surface area contributed by atoms with Gasteiger partial charge in [-0.3, -0.25) is 4.79 Å². The van der Waals surface area contributed by atoms with Crippen molar-refractivity contribution in [2.24, 2.45) is 0 Å². The number of fused-ring (bicyclic) bond motifs is 1. The molecular formula is C23H22N2O4S. The molecule has 4 rings (SSSR count). The van der Waals surface area contributed by atoms with E-state index in [9.17, 15) is 4.79 Å². The van der Waals surface area contributed by atoms with E-state index in [-0.39, 0.29) is 12.3 Å². The first-order valence-corrected chi connectivity index (χ1v) is 10.5. The number of ether oxygens (including phenoxy) is 2. The van der Waals surface area contributed by atoms with Gasteiger partial charge in [0.15, 0.2) is 10.9 Å². The third-order valence-electron chi connectivity index (χ3n) is 4.63. The first-order valence-electron chi connectivity index (χ1n) is 9.61. The number of aromatic nitrogens is 1. The van der Waals surface area contributed by atoms with Crippen molar-refractivity contribution in [2.45, 2.75) is 20.3 Å². The lowest BCUT2D eigenvalue weighted by atomic mass is 10.1. The van der Waals surface area contributed by atoms with E-state index in [1.54, 1.807) is 7.11 Å². The van der Waals surface area contributed by atoms with Crippen molar-refractivity contribution in [3.63, 3.8) is 0 Å². The number of carbonyl (C=O) groups excluding carboxylic acids is 1. The van der Waals surface area contributed by atoms with Crippen molar-refractivity contribution in [3.05, 3.63) is 59.0 Å². The van der Waals surface area contributed by atoms with Crippen LogP contribution in [0.2, 0.25) is 0 Å². The minimum Gasteiger partial charge on any atom is -0.496 e. The van der Waals surface area contributed by atoms with Crippen LogP contribution in [0.3, 0.4) is 0 Å². The molecule has 0 atom stereocenters. The summed E-state index contributed by atoms with van der Waals surface area (Å²) in [7, 11) is 1.63. The zero-order valence-electron chi connectivity index (χ0n) is 17.0. The lowest BCUT2D eigenvalue weighted by molar-refractivity contribution is -0.115. The van der Waals surface area contributed by atoms with Gasteiger partial charge >= 0.3 is 0 Å². The molecule has 30 heavy (non-hydrogen) atoms. The highest BCUT2D eigenvalue weighted by Gasteiger charge is 2.13. The van der Waals surface area contributed by atoms with Crippen LogP contribution in [0.5, 0.6) is 11.5 Å². The molecule has 0 aliphatic rings. The number of aryl methyl sites for hydroxylation is 1. The number of carbonyl (C=O) groups is 1. The number of methoxy groups -OCH3 is 1. The molecule has 2 heterocycles. The Labute approximate surface area is 178 Å². The van der Waals surface area contributed by atoms with Gasteiger partial charge in [0.1, 0.15) is 22.8 Å². The Morgan fingerprint density at radius 1 is 1.20 bits per heavy atom. The third kappa shape index (κ3) is 4.31. The maximum absolute atomic E-state index is 12.4. The molecule has 0 saturated carbocycles. The standard InChI is InChI=1S/C23H22N2O4S/c1-4-28-17-6-8-20-16(11-17)12-21(29-20)18-13-30-23(24-18)25-22(26)10-15-5-7-19(27-3)14(2)9-15/h5-9,11-13H,4,10H2,1-3H3,(H,24,25,26). The molecule has 0 radical (unpaired) electrons. The molecule has 1 amide bonds. The van der Waals surface area contributed by atoms with E-state index in [4.69, 9.17) is 13.9 Å². The summed E-state index contributed by atoms with van der Waals surface area (Å²) in [5.41, 5.74) is 3.37. The van der Waals surface area contributed by atoms with Gasteiger partial charge in [0, 0.05) is 10.8 Å². The van der Waals surface area contributed by atoms with E-state index < -0.39 is 0 Å². The quantitative estimate of drug-likeness (QED) is 0.428. The predicted molar refractivity (Wildman–Crippen MR) is 119 cm³/mol. The van der Waals surface area contributed by atoms with Gasteiger partial charge in [0.2, 0.25) is 5.91 Å². The molecule has 4 aromatic rings. The fourth-order valence-corrected chi connectivity index (χ4v) is 3.96. The molecule has 1 N–H and O–H groups in total. The van der Waals surface area contributed by atoms with Crippen LogP contribution < -0.4 is 14.8 Å². The van der Waals surface area contributed by atoms with Gasteiger partial charge in [-0.05, 0) is 55.3 Å². The van der Waals surface area contributed by atoms with Crippen molar-refractivity contribution in [1.82, 2.24) is 4.98 Å². The SMILES string of the molecule is CCOc1ccc2oc(-c3csc(NC(=O)Cc4ccc(OC)c(C)c4)n3)cc2c1. The van der Waals surface area contributed by atoms with Crippen LogP contribution in [-0.4, -0.2) is 24.6 Å². The van der Waals surface area contributed by atoms with Crippen LogP contribution in [0, 0.1) is 6.92 Å². The number of benzene rings is 2. The number of amides is 1. The predicted octanol–water partition coefficient (Wildman–Crippen LogP) is 5.45. The number of hydrogen-bond donors (Lipinski definition) is 1. The number of anilines is 1. The molecule has 0 aliphatic heterocycles. The Kier molecular flexibility index (Phi) is 5.72. The van der Waals surface area contributed by atoms with E-state index in [0.29, 0.717) is 23.2 Å². The molecule has 0 bridgehead atoms. The number of hydrogen-bond acceptors (Lipinski definition) is 6. The summed E-state index contributed by atoms with van der Waals surface area (Å²) in [4.78, 5) is 16.9. The number of furan rings is 1. The summed E-state index contributed by atoms with van der Waals surface area (Å²) in [5.74, 6) is 2.15. The summed E-state index contributed by atoms with van der Waals surface area (Å²) in [6.45, 7) is 4.52. The maximum Gasteiger partial charge on any atom is 0.230 e. The van der Waals surface area contributed by atoms with Crippen molar-refractivity contribution < 1.29 is 18.7 Å². The second-order valence-corrected chi connectivity index (χ2v) is 7.67. The van der Waals surface area contributed by atoms with Crippen molar-refractivity contribution in [2.75, 3.05) is 19.0 Å². The molecule has 0 aliphatic carbocycles. The smallest absolute Gasteiger partial charge is 0.230 e. The molecule has 0 spiro atoms. The Morgan fingerprint density at radius 2 is 2.07 bits per heavy atom. The van der Waals surface area contributed by atoms with Gasteiger partial charge < -0.3 is 19.2 Å². The molecule has 0 saturated heterocycles. The topological polar surface area (TPSA) is 73.6 Å². The van der Waals surface area contributed by atoms with Crippen molar-refractivity contribution in [1.29, 1.82) is 0 Å². The molecule has 6 nitrogen and oxygen atoms in total. The molecule has 154 valence electrons. The van der Waals surface area contributed by atoms with E-state index in [2.05, 4.69) is 10.3 Å². The van der Waals surface area contributed by atoms with Crippen LogP contribution >= 0.6 is 11.3 Å². The highest BCUT2D eigenvalue weighted by molar-refractivity contribution is 7.14. The van der Waals surface area contributed by atoms with Crippen LogP contribution in [0.15, 0.2) is 52.3 Å². The Bertz CT molecular complexity index is 1200. The van der Waals surface area contributed by atoms with Gasteiger partial charge in [-0.1, -0.05) is 12.1 Å². The van der Waals surface area contributed by atoms with E-state index in [1.807, 2.05) is 61.7 Å². The maximum atomic E-state index is 12.4. The van der Waals surface area contributed by atoms with Crippen LogP contribution in [-0.2, 0) is 11.2 Å². The summed E-state index contributed by atoms with van der Waals surface area (Å²) >= 11 is 1.37. The first-order chi connectivity index (χ1) is 14.6. The second-order valence-electron chi connectivity index (χ2n) is 6.81. The zero-order valence-corrected chi connectivity index (χ0v) is 17.8. The minimum atomic E-state index is -0.119.